The zero-order valence-electron chi connectivity index (χ0n) is 19.0. The number of rotatable bonds is 8. The van der Waals surface area contributed by atoms with E-state index in [1.165, 1.54) is 32.3 Å². The highest BCUT2D eigenvalue weighted by Crippen LogP contribution is 2.34. The topological polar surface area (TPSA) is 15.6 Å². The zero-order valence-corrected chi connectivity index (χ0v) is 20.7. The van der Waals surface area contributed by atoms with Crippen LogP contribution in [0.5, 0.6) is 0 Å². The first kappa shape index (κ1) is 23.6. The van der Waals surface area contributed by atoms with Gasteiger partial charge in [0.1, 0.15) is 0 Å². The fourth-order valence-corrected chi connectivity index (χ4v) is 4.72. The molecule has 0 aliphatic heterocycles. The molecule has 0 radical (unpaired) electrons. The summed E-state index contributed by atoms with van der Waals surface area (Å²) in [7, 11) is 0. The molecule has 2 nitrogen and oxygen atoms in total. The van der Waals surface area contributed by atoms with Gasteiger partial charge in [0, 0.05) is 27.2 Å². The molecular weight excluding hydrogens is 392 g/mol. The van der Waals surface area contributed by atoms with Crippen molar-refractivity contribution in [2.45, 2.75) is 63.8 Å². The average molecular weight is 427 g/mol. The minimum Gasteiger partial charge on any atom is -0.342 e. The lowest BCUT2D eigenvalue weighted by molar-refractivity contribution is 0.661. The van der Waals surface area contributed by atoms with Crippen LogP contribution in [0.2, 0.25) is 0 Å². The molecule has 0 aliphatic rings. The van der Waals surface area contributed by atoms with Crippen LogP contribution in [0.15, 0.2) is 63.0 Å². The van der Waals surface area contributed by atoms with Crippen molar-refractivity contribution in [3.05, 3.63) is 59.3 Å². The lowest BCUT2D eigenvalue weighted by atomic mass is 10.1. The Kier molecular flexibility index (Phi) is 8.91. The average Bonchev–Trinajstić information content (AvgIpc) is 2.70. The van der Waals surface area contributed by atoms with Gasteiger partial charge in [0.05, 0.1) is 11.4 Å². The van der Waals surface area contributed by atoms with Crippen molar-refractivity contribution in [3.63, 3.8) is 0 Å². The van der Waals surface area contributed by atoms with Crippen LogP contribution in [0.3, 0.4) is 0 Å². The van der Waals surface area contributed by atoms with Crippen LogP contribution in [-0.2, 0) is 0 Å². The Labute approximate surface area is 185 Å². The van der Waals surface area contributed by atoms with Crippen molar-refractivity contribution in [1.82, 2.24) is 0 Å². The first-order chi connectivity index (χ1) is 13.8. The molecule has 1 atom stereocenters. The third kappa shape index (κ3) is 6.16. The fraction of sp³-hybridized carbons (Fsp3) is 0.400. The molecule has 1 unspecified atom stereocenters. The van der Waals surface area contributed by atoms with E-state index in [4.69, 9.17) is 4.99 Å². The highest BCUT2D eigenvalue weighted by atomic mass is 32.2. The van der Waals surface area contributed by atoms with Gasteiger partial charge in [-0.15, -0.1) is 23.5 Å². The maximum atomic E-state index is 4.92. The summed E-state index contributed by atoms with van der Waals surface area (Å²) in [4.78, 5) is 9.91. The standard InChI is InChI=1S/C25H34N2S2/c1-9-20(5)27(23-13-11-18(3)15-25(23)29-8)21(6)16-19(4)26-22-12-10-17(2)14-24(22)28-7/h10-16,20H,9H2,1-8H3. The minimum absolute atomic E-state index is 0.411. The van der Waals surface area contributed by atoms with Crippen LogP contribution in [0.25, 0.3) is 0 Å². The summed E-state index contributed by atoms with van der Waals surface area (Å²) in [6.45, 7) is 13.1. The molecule has 0 saturated heterocycles. The van der Waals surface area contributed by atoms with E-state index in [2.05, 4.69) is 101 Å². The summed E-state index contributed by atoms with van der Waals surface area (Å²) >= 11 is 3.56. The van der Waals surface area contributed by atoms with Crippen molar-refractivity contribution >= 4 is 40.6 Å². The molecule has 0 spiro atoms. The first-order valence-corrected chi connectivity index (χ1v) is 12.6. The highest BCUT2D eigenvalue weighted by Gasteiger charge is 2.18. The predicted octanol–water partition coefficient (Wildman–Crippen LogP) is 8.05. The van der Waals surface area contributed by atoms with E-state index in [0.29, 0.717) is 6.04 Å². The minimum atomic E-state index is 0.411. The molecule has 156 valence electrons. The number of benzene rings is 2. The van der Waals surface area contributed by atoms with Crippen molar-refractivity contribution in [2.75, 3.05) is 17.4 Å². The Morgan fingerprint density at radius 3 is 2.17 bits per heavy atom. The second-order valence-corrected chi connectivity index (χ2v) is 9.21. The van der Waals surface area contributed by atoms with E-state index in [0.717, 1.165) is 17.8 Å². The number of anilines is 1. The monoisotopic (exact) mass is 426 g/mol. The highest BCUT2D eigenvalue weighted by molar-refractivity contribution is 7.99. The van der Waals surface area contributed by atoms with Gasteiger partial charge in [0.15, 0.2) is 0 Å². The largest absolute Gasteiger partial charge is 0.342 e. The number of hydrogen-bond acceptors (Lipinski definition) is 4. The van der Waals surface area contributed by atoms with Crippen LogP contribution in [-0.4, -0.2) is 24.3 Å². The second kappa shape index (κ2) is 10.9. The molecule has 0 heterocycles. The maximum absolute atomic E-state index is 4.92. The Balaban J connectivity index is 2.46. The van der Waals surface area contributed by atoms with Gasteiger partial charge in [-0.3, -0.25) is 4.99 Å². The van der Waals surface area contributed by atoms with Crippen LogP contribution >= 0.6 is 23.5 Å². The SMILES string of the molecule is CCC(C)N(C(C)=CC(C)=Nc1ccc(C)cc1SC)c1ccc(C)cc1SC. The van der Waals surface area contributed by atoms with Crippen LogP contribution in [0, 0.1) is 13.8 Å². The van der Waals surface area contributed by atoms with Crippen LogP contribution in [0.4, 0.5) is 11.4 Å². The summed E-state index contributed by atoms with van der Waals surface area (Å²) in [6, 6.07) is 13.6. The molecule has 0 fully saturated rings. The normalized spacial score (nSPS) is 13.5. The van der Waals surface area contributed by atoms with E-state index in [1.54, 1.807) is 11.8 Å². The van der Waals surface area contributed by atoms with Gasteiger partial charge in [0.25, 0.3) is 0 Å². The number of nitrogens with zero attached hydrogens (tertiary/aromatic N) is 2. The van der Waals surface area contributed by atoms with Crippen LogP contribution < -0.4 is 4.90 Å². The van der Waals surface area contributed by atoms with Gasteiger partial charge >= 0.3 is 0 Å². The fourth-order valence-electron chi connectivity index (χ4n) is 3.41. The van der Waals surface area contributed by atoms with Gasteiger partial charge in [-0.05, 0) is 95.0 Å². The molecule has 0 aliphatic carbocycles. The number of allylic oxidation sites excluding steroid dienone is 2. The molecule has 0 N–H and O–H groups in total. The molecule has 0 aromatic heterocycles. The second-order valence-electron chi connectivity index (χ2n) is 7.52. The summed E-state index contributed by atoms with van der Waals surface area (Å²) in [6.07, 6.45) is 7.55. The zero-order chi connectivity index (χ0) is 21.6. The number of hydrogen-bond donors (Lipinski definition) is 0. The van der Waals surface area contributed by atoms with E-state index < -0.39 is 0 Å². The summed E-state index contributed by atoms with van der Waals surface area (Å²) in [5.41, 5.74) is 7.12. The molecule has 2 rings (SSSR count). The van der Waals surface area contributed by atoms with E-state index in [-0.39, 0.29) is 0 Å². The van der Waals surface area contributed by atoms with Gasteiger partial charge < -0.3 is 4.90 Å². The first-order valence-electron chi connectivity index (χ1n) is 10.1. The van der Waals surface area contributed by atoms with Crippen molar-refractivity contribution < 1.29 is 0 Å². The molecule has 0 bridgehead atoms. The van der Waals surface area contributed by atoms with Gasteiger partial charge in [-0.2, -0.15) is 0 Å². The van der Waals surface area contributed by atoms with Crippen molar-refractivity contribution in [2.24, 2.45) is 4.99 Å². The van der Waals surface area contributed by atoms with Crippen molar-refractivity contribution in [1.29, 1.82) is 0 Å². The summed E-state index contributed by atoms with van der Waals surface area (Å²) < 4.78 is 0. The Morgan fingerprint density at radius 2 is 1.59 bits per heavy atom. The summed E-state index contributed by atoms with van der Waals surface area (Å²) in [5.74, 6) is 0. The smallest absolute Gasteiger partial charge is 0.0768 e. The molecule has 4 heteroatoms. The van der Waals surface area contributed by atoms with Gasteiger partial charge in [0.2, 0.25) is 0 Å². The molecular formula is C25H34N2S2. The Morgan fingerprint density at radius 1 is 1.00 bits per heavy atom. The quantitative estimate of drug-likeness (QED) is 0.314. The van der Waals surface area contributed by atoms with Gasteiger partial charge in [-0.1, -0.05) is 19.1 Å². The molecule has 2 aromatic carbocycles. The number of aryl methyl sites for hydroxylation is 2. The van der Waals surface area contributed by atoms with Crippen LogP contribution in [0.1, 0.15) is 45.2 Å². The third-order valence-corrected chi connectivity index (χ3v) is 6.59. The number of aliphatic imine (C=N–C) groups is 1. The molecule has 29 heavy (non-hydrogen) atoms. The maximum Gasteiger partial charge on any atom is 0.0768 e. The molecule has 0 amide bonds. The lowest BCUT2D eigenvalue weighted by Crippen LogP contribution is -2.31. The van der Waals surface area contributed by atoms with E-state index >= 15 is 0 Å². The number of thioether (sulfide) groups is 2. The van der Waals surface area contributed by atoms with Crippen molar-refractivity contribution in [3.8, 4) is 0 Å². The van der Waals surface area contributed by atoms with E-state index in [1.807, 2.05) is 11.8 Å². The predicted molar refractivity (Wildman–Crippen MR) is 135 cm³/mol. The Bertz CT molecular complexity index is 900. The summed E-state index contributed by atoms with van der Waals surface area (Å²) in [5, 5.41) is 0. The molecule has 2 aromatic rings. The lowest BCUT2D eigenvalue weighted by Gasteiger charge is -2.33. The molecule has 0 saturated carbocycles. The third-order valence-electron chi connectivity index (χ3n) is 5.06. The van der Waals surface area contributed by atoms with Gasteiger partial charge in [-0.25, -0.2) is 0 Å². The Hall–Kier alpha value is -1.65. The van der Waals surface area contributed by atoms with E-state index in [9.17, 15) is 0 Å².